The molecule has 3 rings (SSSR count). The SMILES string of the molecule is CC(NC1CCC(C)C1C)c1nc2ccccc2s1. The van der Waals surface area contributed by atoms with Gasteiger partial charge in [-0.05, 0) is 43.7 Å². The summed E-state index contributed by atoms with van der Waals surface area (Å²) in [6, 6.07) is 9.41. The van der Waals surface area contributed by atoms with Gasteiger partial charge in [-0.25, -0.2) is 4.98 Å². The van der Waals surface area contributed by atoms with Gasteiger partial charge in [-0.1, -0.05) is 26.0 Å². The average Bonchev–Trinajstić information content (AvgIpc) is 2.97. The van der Waals surface area contributed by atoms with Crippen molar-refractivity contribution in [1.29, 1.82) is 0 Å². The van der Waals surface area contributed by atoms with Gasteiger partial charge in [0.15, 0.2) is 0 Å². The molecule has 1 saturated carbocycles. The minimum absolute atomic E-state index is 0.357. The van der Waals surface area contributed by atoms with Gasteiger partial charge >= 0.3 is 0 Å². The molecule has 0 bridgehead atoms. The van der Waals surface area contributed by atoms with E-state index in [2.05, 4.69) is 50.4 Å². The summed E-state index contributed by atoms with van der Waals surface area (Å²) in [5.74, 6) is 1.62. The summed E-state index contributed by atoms with van der Waals surface area (Å²) in [5, 5.41) is 5.00. The first kappa shape index (κ1) is 13.1. The van der Waals surface area contributed by atoms with Crippen LogP contribution < -0.4 is 5.32 Å². The lowest BCUT2D eigenvalue weighted by molar-refractivity contribution is 0.347. The molecule has 1 heterocycles. The minimum atomic E-state index is 0.357. The van der Waals surface area contributed by atoms with Crippen LogP contribution in [0.4, 0.5) is 0 Å². The minimum Gasteiger partial charge on any atom is -0.305 e. The van der Waals surface area contributed by atoms with Gasteiger partial charge in [0, 0.05) is 6.04 Å². The molecule has 4 unspecified atom stereocenters. The summed E-state index contributed by atoms with van der Waals surface area (Å²) in [6.45, 7) is 6.99. The van der Waals surface area contributed by atoms with Crippen LogP contribution in [-0.2, 0) is 0 Å². The highest BCUT2D eigenvalue weighted by Gasteiger charge is 2.30. The molecule has 2 aromatic rings. The van der Waals surface area contributed by atoms with Crippen molar-refractivity contribution in [1.82, 2.24) is 10.3 Å². The van der Waals surface area contributed by atoms with Crippen molar-refractivity contribution in [3.8, 4) is 0 Å². The average molecular weight is 274 g/mol. The van der Waals surface area contributed by atoms with E-state index in [1.807, 2.05) is 11.3 Å². The van der Waals surface area contributed by atoms with E-state index >= 15 is 0 Å². The molecule has 1 aliphatic carbocycles. The standard InChI is InChI=1S/C16H22N2S/c1-10-8-9-13(11(10)2)17-12(3)16-18-14-6-4-5-7-15(14)19-16/h4-7,10-13,17H,8-9H2,1-3H3. The number of benzene rings is 1. The Morgan fingerprint density at radius 1 is 1.26 bits per heavy atom. The van der Waals surface area contributed by atoms with Crippen molar-refractivity contribution < 1.29 is 0 Å². The summed E-state index contributed by atoms with van der Waals surface area (Å²) in [7, 11) is 0. The number of nitrogens with zero attached hydrogens (tertiary/aromatic N) is 1. The molecule has 19 heavy (non-hydrogen) atoms. The molecular formula is C16H22N2S. The van der Waals surface area contributed by atoms with E-state index in [4.69, 9.17) is 4.98 Å². The van der Waals surface area contributed by atoms with Crippen molar-refractivity contribution in [2.45, 2.75) is 45.7 Å². The maximum absolute atomic E-state index is 4.75. The van der Waals surface area contributed by atoms with Gasteiger partial charge in [0.2, 0.25) is 0 Å². The van der Waals surface area contributed by atoms with E-state index < -0.39 is 0 Å². The van der Waals surface area contributed by atoms with Crippen LogP contribution in [0.15, 0.2) is 24.3 Å². The Morgan fingerprint density at radius 3 is 2.74 bits per heavy atom. The molecule has 4 atom stereocenters. The van der Waals surface area contributed by atoms with Gasteiger partial charge in [0.05, 0.1) is 16.3 Å². The third-order valence-electron chi connectivity index (χ3n) is 4.61. The Bertz CT molecular complexity index is 530. The van der Waals surface area contributed by atoms with E-state index in [1.165, 1.54) is 22.5 Å². The second-order valence-electron chi connectivity index (χ2n) is 5.93. The van der Waals surface area contributed by atoms with Crippen LogP contribution in [0.5, 0.6) is 0 Å². The first-order valence-electron chi connectivity index (χ1n) is 7.26. The van der Waals surface area contributed by atoms with Crippen molar-refractivity contribution in [3.05, 3.63) is 29.3 Å². The molecule has 0 amide bonds. The van der Waals surface area contributed by atoms with Gasteiger partial charge < -0.3 is 5.32 Å². The van der Waals surface area contributed by atoms with Crippen LogP contribution >= 0.6 is 11.3 Å². The fourth-order valence-corrected chi connectivity index (χ4v) is 4.05. The number of aromatic nitrogens is 1. The van der Waals surface area contributed by atoms with Crippen molar-refractivity contribution in [2.75, 3.05) is 0 Å². The molecule has 0 saturated heterocycles. The predicted molar refractivity (Wildman–Crippen MR) is 82.5 cm³/mol. The normalized spacial score (nSPS) is 28.9. The van der Waals surface area contributed by atoms with Crippen molar-refractivity contribution in [2.24, 2.45) is 11.8 Å². The van der Waals surface area contributed by atoms with Crippen LogP contribution in [0.25, 0.3) is 10.2 Å². The molecule has 1 fully saturated rings. The molecule has 3 heteroatoms. The molecule has 102 valence electrons. The lowest BCUT2D eigenvalue weighted by Crippen LogP contribution is -2.34. The van der Waals surface area contributed by atoms with Crippen molar-refractivity contribution >= 4 is 21.6 Å². The molecule has 1 aromatic heterocycles. The number of thiazole rings is 1. The van der Waals surface area contributed by atoms with Crippen LogP contribution in [0.1, 0.15) is 44.7 Å². The summed E-state index contributed by atoms with van der Waals surface area (Å²) in [5.41, 5.74) is 1.13. The Morgan fingerprint density at radius 2 is 2.05 bits per heavy atom. The van der Waals surface area contributed by atoms with E-state index in [0.717, 1.165) is 17.4 Å². The number of hydrogen-bond acceptors (Lipinski definition) is 3. The monoisotopic (exact) mass is 274 g/mol. The predicted octanol–water partition coefficient (Wildman–Crippen LogP) is 4.38. The van der Waals surface area contributed by atoms with Crippen LogP contribution in [0.2, 0.25) is 0 Å². The maximum atomic E-state index is 4.75. The zero-order chi connectivity index (χ0) is 13.4. The van der Waals surface area contributed by atoms with E-state index in [1.54, 1.807) is 0 Å². The highest BCUT2D eigenvalue weighted by Crippen LogP contribution is 2.33. The number of hydrogen-bond donors (Lipinski definition) is 1. The maximum Gasteiger partial charge on any atom is 0.111 e. The Labute approximate surface area is 119 Å². The highest BCUT2D eigenvalue weighted by atomic mass is 32.1. The molecule has 0 radical (unpaired) electrons. The van der Waals surface area contributed by atoms with E-state index in [-0.39, 0.29) is 0 Å². The summed E-state index contributed by atoms with van der Waals surface area (Å²) >= 11 is 1.82. The molecule has 1 aliphatic rings. The third-order valence-corrected chi connectivity index (χ3v) is 5.83. The zero-order valence-electron chi connectivity index (χ0n) is 11.9. The first-order chi connectivity index (χ1) is 9.15. The van der Waals surface area contributed by atoms with Gasteiger partial charge in [-0.15, -0.1) is 11.3 Å². The van der Waals surface area contributed by atoms with Crippen LogP contribution in [0.3, 0.4) is 0 Å². The summed E-state index contributed by atoms with van der Waals surface area (Å²) in [4.78, 5) is 4.75. The van der Waals surface area contributed by atoms with Crippen LogP contribution in [0, 0.1) is 11.8 Å². The number of para-hydroxylation sites is 1. The van der Waals surface area contributed by atoms with Crippen LogP contribution in [-0.4, -0.2) is 11.0 Å². The fraction of sp³-hybridized carbons (Fsp3) is 0.562. The summed E-state index contributed by atoms with van der Waals surface area (Å²) in [6.07, 6.45) is 2.66. The smallest absolute Gasteiger partial charge is 0.111 e. The van der Waals surface area contributed by atoms with E-state index in [0.29, 0.717) is 12.1 Å². The zero-order valence-corrected chi connectivity index (χ0v) is 12.7. The third kappa shape index (κ3) is 2.54. The van der Waals surface area contributed by atoms with Gasteiger partial charge in [-0.3, -0.25) is 0 Å². The van der Waals surface area contributed by atoms with Gasteiger partial charge in [-0.2, -0.15) is 0 Å². The first-order valence-corrected chi connectivity index (χ1v) is 8.08. The van der Waals surface area contributed by atoms with Gasteiger partial charge in [0.25, 0.3) is 0 Å². The van der Waals surface area contributed by atoms with Crippen molar-refractivity contribution in [3.63, 3.8) is 0 Å². The molecule has 1 aromatic carbocycles. The Hall–Kier alpha value is -0.930. The fourth-order valence-electron chi connectivity index (χ4n) is 3.07. The second-order valence-corrected chi connectivity index (χ2v) is 6.99. The Kier molecular flexibility index (Phi) is 3.59. The Balaban J connectivity index is 1.75. The summed E-state index contributed by atoms with van der Waals surface area (Å²) < 4.78 is 1.29. The quantitative estimate of drug-likeness (QED) is 0.898. The lowest BCUT2D eigenvalue weighted by atomic mass is 9.97. The van der Waals surface area contributed by atoms with E-state index in [9.17, 15) is 0 Å². The number of rotatable bonds is 3. The lowest BCUT2D eigenvalue weighted by Gasteiger charge is -2.23. The van der Waals surface area contributed by atoms with Gasteiger partial charge in [0.1, 0.15) is 5.01 Å². The molecule has 0 spiro atoms. The number of nitrogens with one attached hydrogen (secondary N) is 1. The second kappa shape index (κ2) is 5.22. The topological polar surface area (TPSA) is 24.9 Å². The molecular weight excluding hydrogens is 252 g/mol. The molecule has 1 N–H and O–H groups in total. The molecule has 2 nitrogen and oxygen atoms in total. The highest BCUT2D eigenvalue weighted by molar-refractivity contribution is 7.18. The molecule has 0 aliphatic heterocycles. The largest absolute Gasteiger partial charge is 0.305 e. The number of fused-ring (bicyclic) bond motifs is 1.